The molecule has 0 radical (unpaired) electrons. The molecule has 1 aromatic heterocycles. The molecule has 0 spiro atoms. The lowest BCUT2D eigenvalue weighted by atomic mass is 10.1. The first-order valence-corrected chi connectivity index (χ1v) is 6.43. The molecule has 0 aliphatic heterocycles. The van der Waals surface area contributed by atoms with E-state index in [1.807, 2.05) is 6.07 Å². The van der Waals surface area contributed by atoms with Crippen LogP contribution in [0.5, 0.6) is 0 Å². The molecule has 3 aromatic rings. The minimum Gasteiger partial charge on any atom is -0.456 e. The van der Waals surface area contributed by atoms with Crippen molar-refractivity contribution < 1.29 is 9.52 Å². The fraction of sp³-hybridized carbons (Fsp3) is 0.133. The summed E-state index contributed by atoms with van der Waals surface area (Å²) in [4.78, 5) is 12.4. The first-order valence-electron chi connectivity index (χ1n) is 5.90. The van der Waals surface area contributed by atoms with Gasteiger partial charge in [-0.3, -0.25) is 4.79 Å². The molecule has 0 fully saturated rings. The molecule has 1 N–H and O–H groups in total. The first kappa shape index (κ1) is 12.2. The first-order chi connectivity index (χ1) is 9.20. The Labute approximate surface area is 114 Å². The molecule has 0 amide bonds. The van der Waals surface area contributed by atoms with Crippen molar-refractivity contribution in [3.63, 3.8) is 0 Å². The molecule has 4 heteroatoms. The third-order valence-electron chi connectivity index (χ3n) is 3.13. The van der Waals surface area contributed by atoms with Crippen molar-refractivity contribution in [1.82, 2.24) is 0 Å². The van der Waals surface area contributed by atoms with Gasteiger partial charge >= 0.3 is 0 Å². The number of fused-ring (bicyclic) bond motifs is 2. The van der Waals surface area contributed by atoms with Gasteiger partial charge in [0.1, 0.15) is 11.2 Å². The van der Waals surface area contributed by atoms with Crippen molar-refractivity contribution >= 4 is 33.5 Å². The van der Waals surface area contributed by atoms with Crippen LogP contribution in [0, 0.1) is 0 Å². The van der Waals surface area contributed by atoms with Crippen LogP contribution < -0.4 is 5.43 Å². The Morgan fingerprint density at radius 3 is 2.63 bits per heavy atom. The van der Waals surface area contributed by atoms with Gasteiger partial charge in [-0.25, -0.2) is 0 Å². The van der Waals surface area contributed by atoms with Crippen molar-refractivity contribution in [1.29, 1.82) is 0 Å². The number of hydrogen-bond acceptors (Lipinski definition) is 3. The van der Waals surface area contributed by atoms with Gasteiger partial charge in [-0.15, -0.1) is 11.6 Å². The summed E-state index contributed by atoms with van der Waals surface area (Å²) in [6.07, 6.45) is -0.781. The van der Waals surface area contributed by atoms with Crippen LogP contribution in [0.4, 0.5) is 0 Å². The quantitative estimate of drug-likeness (QED) is 0.577. The Hall–Kier alpha value is -1.84. The van der Waals surface area contributed by atoms with E-state index in [4.69, 9.17) is 16.0 Å². The van der Waals surface area contributed by atoms with E-state index in [1.165, 1.54) is 0 Å². The molecule has 0 saturated carbocycles. The summed E-state index contributed by atoms with van der Waals surface area (Å²) in [6.45, 7) is 0. The van der Waals surface area contributed by atoms with Crippen LogP contribution in [0.25, 0.3) is 21.9 Å². The largest absolute Gasteiger partial charge is 0.456 e. The van der Waals surface area contributed by atoms with Gasteiger partial charge in [0.25, 0.3) is 0 Å². The second kappa shape index (κ2) is 4.68. The van der Waals surface area contributed by atoms with Crippen LogP contribution >= 0.6 is 11.6 Å². The lowest BCUT2D eigenvalue weighted by Gasteiger charge is -2.08. The zero-order valence-corrected chi connectivity index (χ0v) is 10.7. The number of benzene rings is 2. The van der Waals surface area contributed by atoms with Gasteiger partial charge in [-0.2, -0.15) is 0 Å². The van der Waals surface area contributed by atoms with Crippen molar-refractivity contribution in [2.45, 2.75) is 6.10 Å². The zero-order chi connectivity index (χ0) is 13.4. The Morgan fingerprint density at radius 1 is 1.11 bits per heavy atom. The minimum atomic E-state index is -0.781. The molecule has 0 aliphatic rings. The second-order valence-corrected chi connectivity index (χ2v) is 4.66. The van der Waals surface area contributed by atoms with Crippen LogP contribution in [0.15, 0.2) is 51.7 Å². The number of aliphatic hydroxyl groups excluding tert-OH is 1. The molecule has 3 rings (SSSR count). The Kier molecular flexibility index (Phi) is 3.01. The summed E-state index contributed by atoms with van der Waals surface area (Å²) in [5, 5.41) is 10.7. The zero-order valence-electron chi connectivity index (χ0n) is 9.97. The maximum atomic E-state index is 12.4. The molecule has 3 nitrogen and oxygen atoms in total. The van der Waals surface area contributed by atoms with Gasteiger partial charge in [-0.05, 0) is 29.8 Å². The van der Waals surface area contributed by atoms with Crippen molar-refractivity contribution in [3.05, 3.63) is 58.3 Å². The highest BCUT2D eigenvalue weighted by Crippen LogP contribution is 2.22. The van der Waals surface area contributed by atoms with Crippen molar-refractivity contribution in [2.75, 3.05) is 5.88 Å². The highest BCUT2D eigenvalue weighted by atomic mass is 35.5. The number of hydrogen-bond donors (Lipinski definition) is 1. The molecule has 96 valence electrons. The van der Waals surface area contributed by atoms with E-state index in [1.54, 1.807) is 36.4 Å². The fourth-order valence-corrected chi connectivity index (χ4v) is 2.30. The van der Waals surface area contributed by atoms with Gasteiger partial charge in [-0.1, -0.05) is 18.2 Å². The van der Waals surface area contributed by atoms with E-state index in [-0.39, 0.29) is 11.3 Å². The highest BCUT2D eigenvalue weighted by Gasteiger charge is 2.11. The Balaban J connectivity index is 2.36. The predicted molar refractivity (Wildman–Crippen MR) is 75.7 cm³/mol. The molecular formula is C15H11ClO3. The summed E-state index contributed by atoms with van der Waals surface area (Å²) in [7, 11) is 0. The van der Waals surface area contributed by atoms with Gasteiger partial charge in [0.2, 0.25) is 5.43 Å². The number of para-hydroxylation sites is 1. The summed E-state index contributed by atoms with van der Waals surface area (Å²) in [6, 6.07) is 12.1. The maximum absolute atomic E-state index is 12.4. The topological polar surface area (TPSA) is 50.4 Å². The van der Waals surface area contributed by atoms with Gasteiger partial charge < -0.3 is 9.52 Å². The molecule has 0 saturated heterocycles. The molecule has 19 heavy (non-hydrogen) atoms. The molecule has 1 atom stereocenters. The molecule has 2 aromatic carbocycles. The number of aliphatic hydroxyl groups is 1. The average Bonchev–Trinajstić information content (AvgIpc) is 2.46. The lowest BCUT2D eigenvalue weighted by Crippen LogP contribution is -2.04. The monoisotopic (exact) mass is 274 g/mol. The normalized spacial score (nSPS) is 12.9. The summed E-state index contributed by atoms with van der Waals surface area (Å²) >= 11 is 5.62. The van der Waals surface area contributed by atoms with Crippen molar-refractivity contribution in [2.24, 2.45) is 0 Å². The number of alkyl halides is 1. The third kappa shape index (κ3) is 2.01. The standard InChI is InChI=1S/C15H11ClO3/c16-8-12(17)9-5-6-14-11(7-9)15(18)10-3-1-2-4-13(10)19-14/h1-7,12,17H,8H2. The van der Waals surface area contributed by atoms with E-state index < -0.39 is 6.10 Å². The van der Waals surface area contributed by atoms with E-state index in [0.29, 0.717) is 27.5 Å². The molecular weight excluding hydrogens is 264 g/mol. The van der Waals surface area contributed by atoms with Crippen LogP contribution in [-0.2, 0) is 0 Å². The third-order valence-corrected chi connectivity index (χ3v) is 3.42. The van der Waals surface area contributed by atoms with Crippen LogP contribution in [-0.4, -0.2) is 11.0 Å². The van der Waals surface area contributed by atoms with Crippen LogP contribution in [0.1, 0.15) is 11.7 Å². The predicted octanol–water partition coefficient (Wildman–Crippen LogP) is 3.22. The van der Waals surface area contributed by atoms with E-state index in [2.05, 4.69) is 0 Å². The average molecular weight is 275 g/mol. The van der Waals surface area contributed by atoms with Gasteiger partial charge in [0, 0.05) is 0 Å². The summed E-state index contributed by atoms with van der Waals surface area (Å²) < 4.78 is 5.68. The van der Waals surface area contributed by atoms with E-state index in [9.17, 15) is 9.90 Å². The smallest absolute Gasteiger partial charge is 0.200 e. The SMILES string of the molecule is O=c1c2ccccc2oc2ccc(C(O)CCl)cc12. The van der Waals surface area contributed by atoms with Gasteiger partial charge in [0.15, 0.2) is 0 Å². The fourth-order valence-electron chi connectivity index (χ4n) is 2.12. The number of halogens is 1. The summed E-state index contributed by atoms with van der Waals surface area (Å²) in [5.41, 5.74) is 1.59. The molecule has 1 heterocycles. The van der Waals surface area contributed by atoms with Crippen molar-refractivity contribution in [3.8, 4) is 0 Å². The minimum absolute atomic E-state index is 0.0877. The maximum Gasteiger partial charge on any atom is 0.200 e. The highest BCUT2D eigenvalue weighted by molar-refractivity contribution is 6.18. The molecule has 1 unspecified atom stereocenters. The molecule has 0 aliphatic carbocycles. The number of rotatable bonds is 2. The van der Waals surface area contributed by atoms with Gasteiger partial charge in [0.05, 0.1) is 22.8 Å². The van der Waals surface area contributed by atoms with Crippen LogP contribution in [0.2, 0.25) is 0 Å². The Morgan fingerprint density at radius 2 is 1.84 bits per heavy atom. The van der Waals surface area contributed by atoms with E-state index in [0.717, 1.165) is 0 Å². The summed E-state index contributed by atoms with van der Waals surface area (Å²) in [5.74, 6) is 0.0877. The lowest BCUT2D eigenvalue weighted by molar-refractivity contribution is 0.203. The Bertz CT molecular complexity index is 807. The van der Waals surface area contributed by atoms with Crippen LogP contribution in [0.3, 0.4) is 0 Å². The second-order valence-electron chi connectivity index (χ2n) is 4.35. The van der Waals surface area contributed by atoms with E-state index >= 15 is 0 Å². The molecule has 0 bridgehead atoms.